The number of anilines is 2. The molecule has 1 aromatic carbocycles. The average molecular weight is 266 g/mol. The number of carbonyl (C=O) groups excluding carboxylic acids is 1. The number of rotatable bonds is 7. The molecule has 5 nitrogen and oxygen atoms in total. The molecule has 0 aliphatic rings. The van der Waals surface area contributed by atoms with Crippen LogP contribution in [0.1, 0.15) is 31.1 Å². The van der Waals surface area contributed by atoms with Gasteiger partial charge in [-0.1, -0.05) is 0 Å². The van der Waals surface area contributed by atoms with Gasteiger partial charge in [-0.05, 0) is 39.0 Å². The van der Waals surface area contributed by atoms with Crippen molar-refractivity contribution in [3.8, 4) is 0 Å². The van der Waals surface area contributed by atoms with Gasteiger partial charge in [-0.2, -0.15) is 0 Å². The molecule has 3 N–H and O–H groups in total. The third-order valence-electron chi connectivity index (χ3n) is 2.51. The van der Waals surface area contributed by atoms with Crippen LogP contribution >= 0.6 is 0 Å². The molecule has 1 rings (SSSR count). The van der Waals surface area contributed by atoms with Crippen molar-refractivity contribution in [2.24, 2.45) is 0 Å². The minimum atomic E-state index is -0.374. The quantitative estimate of drug-likeness (QED) is 0.585. The lowest BCUT2D eigenvalue weighted by molar-refractivity contribution is 0.0527. The highest BCUT2D eigenvalue weighted by Crippen LogP contribution is 2.21. The van der Waals surface area contributed by atoms with Crippen LogP contribution in [0, 0.1) is 0 Å². The molecule has 1 unspecified atom stereocenters. The van der Waals surface area contributed by atoms with Gasteiger partial charge >= 0.3 is 5.97 Å². The Morgan fingerprint density at radius 2 is 2.11 bits per heavy atom. The van der Waals surface area contributed by atoms with E-state index in [1.54, 1.807) is 25.1 Å². The first-order valence-corrected chi connectivity index (χ1v) is 6.49. The molecule has 0 aliphatic carbocycles. The Bertz CT molecular complexity index is 421. The van der Waals surface area contributed by atoms with Gasteiger partial charge in [0.05, 0.1) is 18.8 Å². The predicted octanol–water partition coefficient (Wildman–Crippen LogP) is 2.28. The molecule has 0 aliphatic heterocycles. The molecule has 0 aromatic heterocycles. The van der Waals surface area contributed by atoms with Gasteiger partial charge in [-0.3, -0.25) is 0 Å². The van der Waals surface area contributed by atoms with Gasteiger partial charge in [0.25, 0.3) is 0 Å². The second kappa shape index (κ2) is 7.63. The summed E-state index contributed by atoms with van der Waals surface area (Å²) < 4.78 is 10.4. The second-order valence-electron chi connectivity index (χ2n) is 4.23. The van der Waals surface area contributed by atoms with E-state index < -0.39 is 0 Å². The Balaban J connectivity index is 2.84. The molecule has 1 atom stereocenters. The van der Waals surface area contributed by atoms with Crippen LogP contribution in [0.25, 0.3) is 0 Å². The summed E-state index contributed by atoms with van der Waals surface area (Å²) in [7, 11) is 0. The SMILES string of the molecule is CCOCC(C)Nc1ccc(N)cc1C(=O)OCC. The maximum absolute atomic E-state index is 11.9. The van der Waals surface area contributed by atoms with Crippen molar-refractivity contribution in [2.45, 2.75) is 26.8 Å². The third-order valence-corrected chi connectivity index (χ3v) is 2.51. The van der Waals surface area contributed by atoms with E-state index in [0.29, 0.717) is 36.8 Å². The zero-order valence-electron chi connectivity index (χ0n) is 11.7. The zero-order chi connectivity index (χ0) is 14.3. The van der Waals surface area contributed by atoms with E-state index in [9.17, 15) is 4.79 Å². The van der Waals surface area contributed by atoms with Crippen LogP contribution in [0.3, 0.4) is 0 Å². The minimum absolute atomic E-state index is 0.0942. The van der Waals surface area contributed by atoms with Crippen molar-refractivity contribution in [3.63, 3.8) is 0 Å². The largest absolute Gasteiger partial charge is 0.462 e. The maximum Gasteiger partial charge on any atom is 0.340 e. The molecule has 0 saturated carbocycles. The first kappa shape index (κ1) is 15.3. The number of nitrogens with one attached hydrogen (secondary N) is 1. The summed E-state index contributed by atoms with van der Waals surface area (Å²) in [6.07, 6.45) is 0. The lowest BCUT2D eigenvalue weighted by Gasteiger charge is -2.17. The standard InChI is InChI=1S/C14H22N2O3/c1-4-18-9-10(3)16-13-7-6-11(15)8-12(13)14(17)19-5-2/h6-8,10,16H,4-5,9,15H2,1-3H3. The Morgan fingerprint density at radius 3 is 2.74 bits per heavy atom. The Morgan fingerprint density at radius 1 is 1.37 bits per heavy atom. The number of nitrogens with two attached hydrogens (primary N) is 1. The highest BCUT2D eigenvalue weighted by atomic mass is 16.5. The number of nitrogen functional groups attached to an aromatic ring is 1. The summed E-state index contributed by atoms with van der Waals surface area (Å²) in [6.45, 7) is 7.28. The number of benzene rings is 1. The number of carbonyl (C=O) groups is 1. The Hall–Kier alpha value is -1.75. The van der Waals surface area contributed by atoms with E-state index in [4.69, 9.17) is 15.2 Å². The molecule has 5 heteroatoms. The fraction of sp³-hybridized carbons (Fsp3) is 0.500. The molecular formula is C14H22N2O3. The summed E-state index contributed by atoms with van der Waals surface area (Å²) in [4.78, 5) is 11.9. The highest BCUT2D eigenvalue weighted by Gasteiger charge is 2.14. The van der Waals surface area contributed by atoms with Crippen LogP contribution in [0.4, 0.5) is 11.4 Å². The molecule has 106 valence electrons. The normalized spacial score (nSPS) is 11.9. The van der Waals surface area contributed by atoms with Crippen molar-refractivity contribution >= 4 is 17.3 Å². The lowest BCUT2D eigenvalue weighted by Crippen LogP contribution is -2.23. The van der Waals surface area contributed by atoms with E-state index in [1.165, 1.54) is 0 Å². The number of ether oxygens (including phenoxy) is 2. The number of hydrogen-bond donors (Lipinski definition) is 2. The van der Waals surface area contributed by atoms with Gasteiger partial charge < -0.3 is 20.5 Å². The van der Waals surface area contributed by atoms with Gasteiger partial charge in [0.15, 0.2) is 0 Å². The van der Waals surface area contributed by atoms with Gasteiger partial charge in [-0.25, -0.2) is 4.79 Å². The van der Waals surface area contributed by atoms with Crippen LogP contribution in [0.5, 0.6) is 0 Å². The summed E-state index contributed by atoms with van der Waals surface area (Å²) in [5.74, 6) is -0.374. The summed E-state index contributed by atoms with van der Waals surface area (Å²) in [6, 6.07) is 5.24. The monoisotopic (exact) mass is 266 g/mol. The fourth-order valence-corrected chi connectivity index (χ4v) is 1.67. The van der Waals surface area contributed by atoms with Crippen LogP contribution < -0.4 is 11.1 Å². The summed E-state index contributed by atoms with van der Waals surface area (Å²) in [5, 5.41) is 3.23. The smallest absolute Gasteiger partial charge is 0.340 e. The average Bonchev–Trinajstić information content (AvgIpc) is 2.38. The van der Waals surface area contributed by atoms with Crippen LogP contribution in [-0.4, -0.2) is 31.8 Å². The van der Waals surface area contributed by atoms with E-state index >= 15 is 0 Å². The second-order valence-corrected chi connectivity index (χ2v) is 4.23. The molecule has 0 spiro atoms. The first-order valence-electron chi connectivity index (χ1n) is 6.49. The van der Waals surface area contributed by atoms with Gasteiger partial charge in [0, 0.05) is 24.0 Å². The number of esters is 1. The van der Waals surface area contributed by atoms with Crippen molar-refractivity contribution < 1.29 is 14.3 Å². The molecule has 1 aromatic rings. The highest BCUT2D eigenvalue weighted by molar-refractivity contribution is 5.96. The van der Waals surface area contributed by atoms with Crippen molar-refractivity contribution in [1.29, 1.82) is 0 Å². The fourth-order valence-electron chi connectivity index (χ4n) is 1.67. The summed E-state index contributed by atoms with van der Waals surface area (Å²) >= 11 is 0. The molecule has 0 fully saturated rings. The molecule has 19 heavy (non-hydrogen) atoms. The number of hydrogen-bond acceptors (Lipinski definition) is 5. The predicted molar refractivity (Wildman–Crippen MR) is 76.4 cm³/mol. The molecular weight excluding hydrogens is 244 g/mol. The zero-order valence-corrected chi connectivity index (χ0v) is 11.7. The first-order chi connectivity index (χ1) is 9.08. The molecule has 0 bridgehead atoms. The molecule has 0 heterocycles. The van der Waals surface area contributed by atoms with Crippen molar-refractivity contribution in [2.75, 3.05) is 30.9 Å². The van der Waals surface area contributed by atoms with Crippen LogP contribution in [0.15, 0.2) is 18.2 Å². The van der Waals surface area contributed by atoms with E-state index in [0.717, 1.165) is 0 Å². The lowest BCUT2D eigenvalue weighted by atomic mass is 10.1. The van der Waals surface area contributed by atoms with Crippen molar-refractivity contribution in [1.82, 2.24) is 0 Å². The van der Waals surface area contributed by atoms with E-state index in [-0.39, 0.29) is 12.0 Å². The van der Waals surface area contributed by atoms with Crippen LogP contribution in [-0.2, 0) is 9.47 Å². The van der Waals surface area contributed by atoms with Crippen molar-refractivity contribution in [3.05, 3.63) is 23.8 Å². The Labute approximate surface area is 114 Å². The minimum Gasteiger partial charge on any atom is -0.462 e. The van der Waals surface area contributed by atoms with Crippen LogP contribution in [0.2, 0.25) is 0 Å². The van der Waals surface area contributed by atoms with Gasteiger partial charge in [0.2, 0.25) is 0 Å². The maximum atomic E-state index is 11.9. The van der Waals surface area contributed by atoms with E-state index in [1.807, 2.05) is 13.8 Å². The Kier molecular flexibility index (Phi) is 6.15. The molecule has 0 saturated heterocycles. The summed E-state index contributed by atoms with van der Waals surface area (Å²) in [5.41, 5.74) is 7.40. The topological polar surface area (TPSA) is 73.6 Å². The van der Waals surface area contributed by atoms with Gasteiger partial charge in [-0.15, -0.1) is 0 Å². The van der Waals surface area contributed by atoms with Gasteiger partial charge in [0.1, 0.15) is 0 Å². The molecule has 0 radical (unpaired) electrons. The molecule has 0 amide bonds. The third kappa shape index (κ3) is 4.79. The van der Waals surface area contributed by atoms with E-state index in [2.05, 4.69) is 5.32 Å².